The van der Waals surface area contributed by atoms with Gasteiger partial charge < -0.3 is 10.6 Å². The van der Waals surface area contributed by atoms with Crippen molar-refractivity contribution in [3.8, 4) is 0 Å². The van der Waals surface area contributed by atoms with Gasteiger partial charge in [0, 0.05) is 30.1 Å². The van der Waals surface area contributed by atoms with Gasteiger partial charge in [-0.15, -0.1) is 0 Å². The van der Waals surface area contributed by atoms with Gasteiger partial charge in [-0.3, -0.25) is 4.90 Å². The normalized spacial score (nSPS) is 50.9. The van der Waals surface area contributed by atoms with Crippen LogP contribution < -0.4 is 10.6 Å². The molecule has 2 N–H and O–H groups in total. The van der Waals surface area contributed by atoms with Crippen LogP contribution in [-0.4, -0.2) is 49.2 Å². The number of rotatable bonds is 1. The first-order chi connectivity index (χ1) is 11.4. The van der Waals surface area contributed by atoms with Crippen molar-refractivity contribution in [2.45, 2.75) is 82.3 Å². The second kappa shape index (κ2) is 6.00. The predicted molar refractivity (Wildman–Crippen MR) is 94.5 cm³/mol. The monoisotopic (exact) mass is 317 g/mol. The Hall–Kier alpha value is -0.120. The molecule has 4 aliphatic heterocycles. The van der Waals surface area contributed by atoms with Gasteiger partial charge >= 0.3 is 0 Å². The Labute approximate surface area is 142 Å². The summed E-state index contributed by atoms with van der Waals surface area (Å²) in [5.74, 6) is 1.96. The summed E-state index contributed by atoms with van der Waals surface area (Å²) in [6, 6.07) is 2.51. The zero-order valence-corrected chi connectivity index (χ0v) is 14.7. The molecular weight excluding hydrogens is 282 g/mol. The van der Waals surface area contributed by atoms with Crippen molar-refractivity contribution in [3.05, 3.63) is 0 Å². The number of piperidine rings is 4. The van der Waals surface area contributed by atoms with Crippen LogP contribution in [0.1, 0.15) is 64.2 Å². The maximum atomic E-state index is 4.04. The highest BCUT2D eigenvalue weighted by molar-refractivity contribution is 5.14. The maximum Gasteiger partial charge on any atom is 0.0179 e. The van der Waals surface area contributed by atoms with Crippen molar-refractivity contribution in [1.82, 2.24) is 15.5 Å². The van der Waals surface area contributed by atoms with Crippen LogP contribution >= 0.6 is 0 Å². The molecule has 3 nitrogen and oxygen atoms in total. The van der Waals surface area contributed by atoms with Crippen molar-refractivity contribution in [2.24, 2.45) is 17.3 Å². The molecule has 5 aliphatic rings. The topological polar surface area (TPSA) is 27.3 Å². The molecule has 0 spiro atoms. The molecule has 0 unspecified atom stereocenters. The molecule has 0 aromatic heterocycles. The molecule has 6 atom stereocenters. The first-order valence-corrected chi connectivity index (χ1v) is 10.6. The molecule has 1 saturated carbocycles. The van der Waals surface area contributed by atoms with E-state index in [-0.39, 0.29) is 0 Å². The second-order valence-corrected chi connectivity index (χ2v) is 9.30. The molecule has 0 radical (unpaired) electrons. The van der Waals surface area contributed by atoms with Crippen molar-refractivity contribution < 1.29 is 0 Å². The van der Waals surface area contributed by atoms with Gasteiger partial charge in [-0.05, 0) is 82.8 Å². The van der Waals surface area contributed by atoms with Crippen LogP contribution in [0.4, 0.5) is 0 Å². The van der Waals surface area contributed by atoms with Gasteiger partial charge in [0.05, 0.1) is 0 Å². The second-order valence-electron chi connectivity index (χ2n) is 9.30. The summed E-state index contributed by atoms with van der Waals surface area (Å²) in [6.45, 7) is 5.30. The van der Waals surface area contributed by atoms with Gasteiger partial charge in [0.2, 0.25) is 0 Å². The van der Waals surface area contributed by atoms with Crippen LogP contribution in [0.3, 0.4) is 0 Å². The lowest BCUT2D eigenvalue weighted by Gasteiger charge is -2.64. The zero-order valence-electron chi connectivity index (χ0n) is 14.7. The highest BCUT2D eigenvalue weighted by Gasteiger charge is 2.58. The molecule has 4 saturated heterocycles. The predicted octanol–water partition coefficient (Wildman–Crippen LogP) is 2.76. The fourth-order valence-electron chi connectivity index (χ4n) is 7.36. The highest BCUT2D eigenvalue weighted by atomic mass is 15.2. The third-order valence-electron chi connectivity index (χ3n) is 8.16. The van der Waals surface area contributed by atoms with Gasteiger partial charge in [-0.2, -0.15) is 0 Å². The van der Waals surface area contributed by atoms with Gasteiger partial charge in [-0.25, -0.2) is 0 Å². The molecule has 5 fully saturated rings. The average molecular weight is 318 g/mol. The number of fused-ring (bicyclic) bond motifs is 6. The Kier molecular flexibility index (Phi) is 3.95. The van der Waals surface area contributed by atoms with Crippen LogP contribution in [-0.2, 0) is 0 Å². The van der Waals surface area contributed by atoms with Gasteiger partial charge in [0.1, 0.15) is 0 Å². The Balaban J connectivity index is 1.50. The van der Waals surface area contributed by atoms with E-state index in [2.05, 4.69) is 15.5 Å². The minimum atomic E-state index is 0.530. The number of nitrogens with one attached hydrogen (secondary N) is 2. The molecule has 5 rings (SSSR count). The lowest BCUT2D eigenvalue weighted by atomic mass is 9.52. The lowest BCUT2D eigenvalue weighted by Crippen LogP contribution is -2.72. The summed E-state index contributed by atoms with van der Waals surface area (Å²) in [6.07, 6.45) is 14.6. The van der Waals surface area contributed by atoms with Gasteiger partial charge in [0.25, 0.3) is 0 Å². The zero-order chi connectivity index (χ0) is 15.3. The summed E-state index contributed by atoms with van der Waals surface area (Å²) in [7, 11) is 0. The summed E-state index contributed by atoms with van der Waals surface area (Å²) < 4.78 is 0. The third kappa shape index (κ3) is 2.41. The SMILES string of the molecule is C1CC[C@H]([C@@]23C[C@H](C[C@H]4CCCN[C@H]42)[C@H]2CCCCN2C3)NC1. The van der Waals surface area contributed by atoms with Crippen LogP contribution in [0.5, 0.6) is 0 Å². The molecule has 0 aromatic rings. The smallest absolute Gasteiger partial charge is 0.0179 e. The van der Waals surface area contributed by atoms with Crippen molar-refractivity contribution >= 4 is 0 Å². The van der Waals surface area contributed by atoms with Crippen LogP contribution in [0.15, 0.2) is 0 Å². The van der Waals surface area contributed by atoms with Gasteiger partial charge in [-0.1, -0.05) is 12.8 Å². The van der Waals surface area contributed by atoms with E-state index in [0.29, 0.717) is 5.41 Å². The first kappa shape index (κ1) is 15.2. The Morgan fingerprint density at radius 2 is 1.74 bits per heavy atom. The molecule has 130 valence electrons. The number of hydrogen-bond donors (Lipinski definition) is 2. The number of nitrogens with zero attached hydrogens (tertiary/aromatic N) is 1. The fraction of sp³-hybridized carbons (Fsp3) is 1.00. The van der Waals surface area contributed by atoms with E-state index in [4.69, 9.17) is 0 Å². The summed E-state index contributed by atoms with van der Waals surface area (Å²) in [5.41, 5.74) is 0.530. The third-order valence-corrected chi connectivity index (χ3v) is 8.16. The minimum Gasteiger partial charge on any atom is -0.313 e. The molecule has 0 amide bonds. The molecule has 2 bridgehead atoms. The quantitative estimate of drug-likeness (QED) is 0.779. The summed E-state index contributed by atoms with van der Waals surface area (Å²) in [5, 5.41) is 8.04. The van der Waals surface area contributed by atoms with E-state index in [9.17, 15) is 0 Å². The Morgan fingerprint density at radius 3 is 2.65 bits per heavy atom. The standard InChI is InChI=1S/C20H35N3/c1-3-9-21-18(8-1)20-13-16(12-15-6-5-10-22-19(15)20)17-7-2-4-11-23(17)14-20/h15-19,21-22H,1-14H2/t15-,16+,17-,18-,19-,20+/m1/s1. The van der Waals surface area contributed by atoms with E-state index in [0.717, 1.165) is 30.0 Å². The van der Waals surface area contributed by atoms with Gasteiger partial charge in [0.15, 0.2) is 0 Å². The fourth-order valence-corrected chi connectivity index (χ4v) is 7.36. The van der Waals surface area contributed by atoms with Crippen molar-refractivity contribution in [2.75, 3.05) is 26.2 Å². The highest BCUT2D eigenvalue weighted by Crippen LogP contribution is 2.55. The molecular formula is C20H35N3. The van der Waals surface area contributed by atoms with E-state index in [1.54, 1.807) is 0 Å². The summed E-state index contributed by atoms with van der Waals surface area (Å²) >= 11 is 0. The molecule has 3 heteroatoms. The van der Waals surface area contributed by atoms with E-state index in [1.807, 2.05) is 0 Å². The van der Waals surface area contributed by atoms with E-state index < -0.39 is 0 Å². The van der Waals surface area contributed by atoms with Crippen LogP contribution in [0, 0.1) is 17.3 Å². The first-order valence-electron chi connectivity index (χ1n) is 10.6. The number of hydrogen-bond acceptors (Lipinski definition) is 3. The summed E-state index contributed by atoms with van der Waals surface area (Å²) in [4.78, 5) is 2.94. The minimum absolute atomic E-state index is 0.530. The van der Waals surface area contributed by atoms with Crippen molar-refractivity contribution in [1.29, 1.82) is 0 Å². The molecule has 0 aromatic carbocycles. The molecule has 4 heterocycles. The molecule has 23 heavy (non-hydrogen) atoms. The Morgan fingerprint density at radius 1 is 0.826 bits per heavy atom. The lowest BCUT2D eigenvalue weighted by molar-refractivity contribution is -0.117. The van der Waals surface area contributed by atoms with Crippen LogP contribution in [0.2, 0.25) is 0 Å². The van der Waals surface area contributed by atoms with Crippen molar-refractivity contribution in [3.63, 3.8) is 0 Å². The Bertz CT molecular complexity index is 431. The largest absolute Gasteiger partial charge is 0.313 e. The maximum absolute atomic E-state index is 4.04. The van der Waals surface area contributed by atoms with E-state index >= 15 is 0 Å². The van der Waals surface area contributed by atoms with E-state index in [1.165, 1.54) is 90.4 Å². The average Bonchev–Trinajstić information content (AvgIpc) is 2.63. The molecule has 1 aliphatic carbocycles. The van der Waals surface area contributed by atoms with Crippen LogP contribution in [0.25, 0.3) is 0 Å².